The van der Waals surface area contributed by atoms with Crippen LogP contribution in [0.5, 0.6) is 5.75 Å². The average Bonchev–Trinajstić information content (AvgIpc) is 2.41. The molecule has 0 atom stereocenters. The van der Waals surface area contributed by atoms with Crippen LogP contribution in [0, 0.1) is 6.92 Å². The molecule has 0 fully saturated rings. The molecule has 19 heavy (non-hydrogen) atoms. The Morgan fingerprint density at radius 1 is 1.37 bits per heavy atom. The molecular formula is C14H13ClN2O2. The summed E-state index contributed by atoms with van der Waals surface area (Å²) in [4.78, 5) is 16.0. The number of nitrogens with one attached hydrogen (secondary N) is 1. The zero-order valence-corrected chi connectivity index (χ0v) is 11.1. The van der Waals surface area contributed by atoms with E-state index in [1.807, 2.05) is 19.1 Å². The first-order valence-electron chi connectivity index (χ1n) is 5.74. The number of amides is 1. The van der Waals surface area contributed by atoms with Crippen molar-refractivity contribution < 1.29 is 9.90 Å². The zero-order valence-electron chi connectivity index (χ0n) is 10.4. The second-order valence-electron chi connectivity index (χ2n) is 4.16. The van der Waals surface area contributed by atoms with Gasteiger partial charge in [-0.05, 0) is 36.8 Å². The molecule has 0 aliphatic heterocycles. The van der Waals surface area contributed by atoms with Crippen molar-refractivity contribution in [1.82, 2.24) is 10.3 Å². The number of phenolic OH excluding ortho intramolecular Hbond substituents is 1. The third-order valence-electron chi connectivity index (χ3n) is 2.64. The molecule has 0 radical (unpaired) electrons. The average molecular weight is 277 g/mol. The van der Waals surface area contributed by atoms with E-state index in [1.54, 1.807) is 6.20 Å². The lowest BCUT2D eigenvalue weighted by Gasteiger charge is -2.06. The smallest absolute Gasteiger partial charge is 0.251 e. The lowest BCUT2D eigenvalue weighted by atomic mass is 10.2. The van der Waals surface area contributed by atoms with Crippen molar-refractivity contribution >= 4 is 17.5 Å². The highest BCUT2D eigenvalue weighted by Crippen LogP contribution is 2.23. The molecule has 2 rings (SSSR count). The maximum atomic E-state index is 11.9. The number of phenols is 1. The van der Waals surface area contributed by atoms with E-state index >= 15 is 0 Å². The van der Waals surface area contributed by atoms with Crippen LogP contribution in [0.1, 0.15) is 21.6 Å². The van der Waals surface area contributed by atoms with E-state index in [1.165, 1.54) is 18.2 Å². The molecule has 0 unspecified atom stereocenters. The minimum absolute atomic E-state index is 0.0408. The normalized spacial score (nSPS) is 10.2. The van der Waals surface area contributed by atoms with Gasteiger partial charge in [-0.15, -0.1) is 0 Å². The fourth-order valence-electron chi connectivity index (χ4n) is 1.54. The van der Waals surface area contributed by atoms with Crippen molar-refractivity contribution in [2.75, 3.05) is 0 Å². The summed E-state index contributed by atoms with van der Waals surface area (Å²) in [6.45, 7) is 2.30. The van der Waals surface area contributed by atoms with Crippen molar-refractivity contribution in [1.29, 1.82) is 0 Å². The summed E-state index contributed by atoms with van der Waals surface area (Å²) < 4.78 is 0. The summed E-state index contributed by atoms with van der Waals surface area (Å²) >= 11 is 5.75. The molecule has 2 aromatic rings. The minimum atomic E-state index is -0.248. The fraction of sp³-hybridized carbons (Fsp3) is 0.143. The van der Waals surface area contributed by atoms with Gasteiger partial charge in [-0.2, -0.15) is 0 Å². The number of rotatable bonds is 3. The molecule has 5 heteroatoms. The van der Waals surface area contributed by atoms with Crippen LogP contribution in [0.15, 0.2) is 36.5 Å². The van der Waals surface area contributed by atoms with E-state index in [-0.39, 0.29) is 16.7 Å². The van der Waals surface area contributed by atoms with Crippen LogP contribution in [0.3, 0.4) is 0 Å². The monoisotopic (exact) mass is 276 g/mol. The van der Waals surface area contributed by atoms with Crippen LogP contribution in [-0.2, 0) is 6.54 Å². The number of benzene rings is 1. The third-order valence-corrected chi connectivity index (χ3v) is 2.94. The molecule has 1 heterocycles. The summed E-state index contributed by atoms with van der Waals surface area (Å²) in [5.41, 5.74) is 2.26. The van der Waals surface area contributed by atoms with Gasteiger partial charge in [-0.25, -0.2) is 0 Å². The van der Waals surface area contributed by atoms with Gasteiger partial charge < -0.3 is 10.4 Å². The predicted octanol–water partition coefficient (Wildman–Crippen LogP) is 2.68. The number of carbonyl (C=O) groups is 1. The number of halogens is 1. The van der Waals surface area contributed by atoms with Gasteiger partial charge in [0.05, 0.1) is 5.02 Å². The van der Waals surface area contributed by atoms with Crippen molar-refractivity contribution in [3.8, 4) is 5.75 Å². The van der Waals surface area contributed by atoms with Crippen LogP contribution in [0.25, 0.3) is 0 Å². The number of aromatic hydroxyl groups is 1. The summed E-state index contributed by atoms with van der Waals surface area (Å²) in [7, 11) is 0. The highest BCUT2D eigenvalue weighted by atomic mass is 35.5. The van der Waals surface area contributed by atoms with E-state index in [9.17, 15) is 9.90 Å². The summed E-state index contributed by atoms with van der Waals surface area (Å²) in [5.74, 6) is -0.288. The lowest BCUT2D eigenvalue weighted by Crippen LogP contribution is -2.22. The summed E-state index contributed by atoms with van der Waals surface area (Å²) in [6.07, 6.45) is 1.72. The van der Waals surface area contributed by atoms with E-state index in [0.29, 0.717) is 12.1 Å². The molecule has 98 valence electrons. The minimum Gasteiger partial charge on any atom is -0.506 e. The van der Waals surface area contributed by atoms with Gasteiger partial charge in [0.1, 0.15) is 5.75 Å². The number of pyridine rings is 1. The number of carbonyl (C=O) groups excluding carboxylic acids is 1. The van der Waals surface area contributed by atoms with Gasteiger partial charge in [0.15, 0.2) is 0 Å². The first-order chi connectivity index (χ1) is 9.06. The predicted molar refractivity (Wildman–Crippen MR) is 73.3 cm³/mol. The Morgan fingerprint density at radius 3 is 2.79 bits per heavy atom. The van der Waals surface area contributed by atoms with Gasteiger partial charge in [-0.3, -0.25) is 9.78 Å². The van der Waals surface area contributed by atoms with Gasteiger partial charge in [0.25, 0.3) is 5.91 Å². The Hall–Kier alpha value is -2.07. The van der Waals surface area contributed by atoms with E-state index < -0.39 is 0 Å². The fourth-order valence-corrected chi connectivity index (χ4v) is 1.72. The second-order valence-corrected chi connectivity index (χ2v) is 4.56. The molecule has 1 aromatic heterocycles. The Kier molecular flexibility index (Phi) is 4.02. The molecule has 0 saturated heterocycles. The molecule has 0 aliphatic carbocycles. The number of aryl methyl sites for hydroxylation is 1. The Bertz CT molecular complexity index is 597. The molecule has 4 nitrogen and oxygen atoms in total. The van der Waals surface area contributed by atoms with Crippen molar-refractivity contribution in [3.63, 3.8) is 0 Å². The van der Waals surface area contributed by atoms with E-state index in [0.717, 1.165) is 11.3 Å². The molecule has 0 saturated carbocycles. The molecule has 1 aromatic carbocycles. The van der Waals surface area contributed by atoms with Crippen molar-refractivity contribution in [3.05, 3.63) is 58.4 Å². The van der Waals surface area contributed by atoms with E-state index in [2.05, 4.69) is 10.3 Å². The molecule has 0 aliphatic rings. The van der Waals surface area contributed by atoms with Gasteiger partial charge in [-0.1, -0.05) is 17.7 Å². The summed E-state index contributed by atoms with van der Waals surface area (Å²) in [6, 6.07) is 8.14. The molecule has 1 amide bonds. The van der Waals surface area contributed by atoms with E-state index in [4.69, 9.17) is 11.6 Å². The zero-order chi connectivity index (χ0) is 13.8. The van der Waals surface area contributed by atoms with Gasteiger partial charge >= 0.3 is 0 Å². The first-order valence-corrected chi connectivity index (χ1v) is 6.12. The number of aromatic nitrogens is 1. The molecule has 0 spiro atoms. The Morgan fingerprint density at radius 2 is 2.16 bits per heavy atom. The quantitative estimate of drug-likeness (QED) is 0.906. The first kappa shape index (κ1) is 13.4. The molecule has 0 bridgehead atoms. The van der Waals surface area contributed by atoms with Gasteiger partial charge in [0.2, 0.25) is 0 Å². The Labute approximate surface area is 116 Å². The van der Waals surface area contributed by atoms with Crippen LogP contribution in [-0.4, -0.2) is 16.0 Å². The van der Waals surface area contributed by atoms with Gasteiger partial charge in [0, 0.05) is 24.0 Å². The highest BCUT2D eigenvalue weighted by molar-refractivity contribution is 6.32. The topological polar surface area (TPSA) is 62.2 Å². The number of nitrogens with zero attached hydrogens (tertiary/aromatic N) is 1. The molecular weight excluding hydrogens is 264 g/mol. The van der Waals surface area contributed by atoms with Crippen LogP contribution in [0.2, 0.25) is 5.02 Å². The Balaban J connectivity index is 2.01. The molecule has 2 N–H and O–H groups in total. The van der Waals surface area contributed by atoms with Crippen molar-refractivity contribution in [2.24, 2.45) is 0 Å². The second kappa shape index (κ2) is 5.71. The standard InChI is InChI=1S/C14H13ClN2O2/c1-9-2-3-10(7-16-9)8-17-14(19)11-4-5-13(18)12(15)6-11/h2-7,18H,8H2,1H3,(H,17,19). The summed E-state index contributed by atoms with van der Waals surface area (Å²) in [5, 5.41) is 12.2. The van der Waals surface area contributed by atoms with Crippen LogP contribution < -0.4 is 5.32 Å². The number of hydrogen-bond acceptors (Lipinski definition) is 3. The van der Waals surface area contributed by atoms with Crippen molar-refractivity contribution in [2.45, 2.75) is 13.5 Å². The number of hydrogen-bond donors (Lipinski definition) is 2. The third kappa shape index (κ3) is 3.45. The SMILES string of the molecule is Cc1ccc(CNC(=O)c2ccc(O)c(Cl)c2)cn1. The maximum absolute atomic E-state index is 11.9. The highest BCUT2D eigenvalue weighted by Gasteiger charge is 2.08. The maximum Gasteiger partial charge on any atom is 0.251 e. The van der Waals surface area contributed by atoms with Crippen LogP contribution >= 0.6 is 11.6 Å². The lowest BCUT2D eigenvalue weighted by molar-refractivity contribution is 0.0951. The van der Waals surface area contributed by atoms with Crippen LogP contribution in [0.4, 0.5) is 0 Å². The largest absolute Gasteiger partial charge is 0.506 e.